The Morgan fingerprint density at radius 2 is 0.649 bits per heavy atom. The molecular weight excluding hydrogens is 484 g/mol. The quantitative estimate of drug-likeness (QED) is 0.163. The maximum absolute atomic E-state index is 11.4. The minimum Gasteiger partial charge on any atom is -0.396 e. The highest BCUT2D eigenvalue weighted by molar-refractivity contribution is 5.06. The Balaban J connectivity index is 1.70. The van der Waals surface area contributed by atoms with Crippen molar-refractivity contribution >= 4 is 0 Å². The first kappa shape index (κ1) is 29.6. The molecule has 16 unspecified atom stereocenters. The van der Waals surface area contributed by atoms with Gasteiger partial charge in [0, 0.05) is 75.1 Å². The van der Waals surface area contributed by atoms with Crippen molar-refractivity contribution in [3.63, 3.8) is 0 Å². The van der Waals surface area contributed by atoms with Gasteiger partial charge in [0.2, 0.25) is 0 Å². The highest BCUT2D eigenvalue weighted by Gasteiger charge is 2.57. The third kappa shape index (κ3) is 5.24. The topological polar surface area (TPSA) is 202 Å². The molecule has 4 fully saturated rings. The first-order chi connectivity index (χ1) is 17.8. The Kier molecular flexibility index (Phi) is 9.92. The van der Waals surface area contributed by atoms with E-state index in [1.165, 1.54) is 0 Å². The van der Waals surface area contributed by atoms with Crippen molar-refractivity contribution < 1.29 is 51.1 Å². The maximum atomic E-state index is 11.4. The number of aliphatic hydroxyl groups excluding tert-OH is 10. The molecule has 0 radical (unpaired) electrons. The van der Waals surface area contributed by atoms with E-state index in [9.17, 15) is 51.1 Å². The van der Waals surface area contributed by atoms with Crippen molar-refractivity contribution in [3.05, 3.63) is 0 Å². The normalized spacial score (nSPS) is 52.4. The van der Waals surface area contributed by atoms with E-state index >= 15 is 0 Å². The third-order valence-electron chi connectivity index (χ3n) is 11.1. The average Bonchev–Trinajstić information content (AvgIpc) is 2.90. The van der Waals surface area contributed by atoms with Gasteiger partial charge in [-0.15, -0.1) is 0 Å². The molecule has 4 aliphatic carbocycles. The molecule has 0 aromatic rings. The summed E-state index contributed by atoms with van der Waals surface area (Å²) in [5.41, 5.74) is 0. The van der Waals surface area contributed by atoms with Gasteiger partial charge in [-0.3, -0.25) is 0 Å². The Hall–Kier alpha value is -0.400. The fourth-order valence-electron chi connectivity index (χ4n) is 9.37. The van der Waals surface area contributed by atoms with Gasteiger partial charge in [0.25, 0.3) is 0 Å². The molecule has 4 rings (SSSR count). The molecule has 216 valence electrons. The standard InChI is InChI=1S/C27H48O10/c28-6-14-1-12-3-16(8-30)26(36)20(10-32)22(12)18(24(14)34)5-19-23-13(2-15(7-29)25(19)35)4-17(9-31)27(37)21(23)11-33/h12-37H,1-11H2. The summed E-state index contributed by atoms with van der Waals surface area (Å²) in [7, 11) is 0. The molecule has 0 bridgehead atoms. The zero-order valence-electron chi connectivity index (χ0n) is 21.5. The summed E-state index contributed by atoms with van der Waals surface area (Å²) in [6.07, 6.45) is -1.46. The number of hydrogen-bond acceptors (Lipinski definition) is 10. The summed E-state index contributed by atoms with van der Waals surface area (Å²) in [6, 6.07) is 0. The Morgan fingerprint density at radius 1 is 0.378 bits per heavy atom. The van der Waals surface area contributed by atoms with Crippen LogP contribution in [0.4, 0.5) is 0 Å². The monoisotopic (exact) mass is 532 g/mol. The van der Waals surface area contributed by atoms with Crippen molar-refractivity contribution in [3.8, 4) is 0 Å². The second kappa shape index (κ2) is 12.4. The van der Waals surface area contributed by atoms with Gasteiger partial charge in [-0.25, -0.2) is 0 Å². The van der Waals surface area contributed by atoms with E-state index in [1.807, 2.05) is 0 Å². The van der Waals surface area contributed by atoms with Gasteiger partial charge < -0.3 is 51.1 Å². The zero-order valence-corrected chi connectivity index (χ0v) is 21.5. The number of aliphatic hydroxyl groups is 10. The summed E-state index contributed by atoms with van der Waals surface area (Å²) in [5.74, 6) is -4.45. The van der Waals surface area contributed by atoms with Gasteiger partial charge >= 0.3 is 0 Å². The van der Waals surface area contributed by atoms with Crippen LogP contribution in [0.15, 0.2) is 0 Å². The smallest absolute Gasteiger partial charge is 0.0643 e. The predicted molar refractivity (Wildman–Crippen MR) is 132 cm³/mol. The summed E-state index contributed by atoms with van der Waals surface area (Å²) in [6.45, 7) is -1.54. The number of rotatable bonds is 8. The molecular formula is C27H48O10. The molecule has 10 heteroatoms. The second-order valence-electron chi connectivity index (χ2n) is 12.6. The fraction of sp³-hybridized carbons (Fsp3) is 1.00. The molecule has 0 aliphatic heterocycles. The fourth-order valence-corrected chi connectivity index (χ4v) is 9.37. The van der Waals surface area contributed by atoms with Crippen molar-refractivity contribution in [1.82, 2.24) is 0 Å². The van der Waals surface area contributed by atoms with Crippen molar-refractivity contribution in [2.75, 3.05) is 39.6 Å². The summed E-state index contributed by atoms with van der Waals surface area (Å²) in [5, 5.41) is 105. The molecule has 0 amide bonds. The van der Waals surface area contributed by atoms with E-state index in [1.54, 1.807) is 0 Å². The summed E-state index contributed by atoms with van der Waals surface area (Å²) in [4.78, 5) is 0. The van der Waals surface area contributed by atoms with E-state index in [0.717, 1.165) is 0 Å². The lowest BCUT2D eigenvalue weighted by atomic mass is 9.50. The van der Waals surface area contributed by atoms with E-state index in [-0.39, 0.29) is 69.7 Å². The molecule has 0 aromatic carbocycles. The Labute approximate surface area is 218 Å². The first-order valence-corrected chi connectivity index (χ1v) is 14.1. The van der Waals surface area contributed by atoms with E-state index in [0.29, 0.717) is 25.7 Å². The lowest BCUT2D eigenvalue weighted by Crippen LogP contribution is -2.59. The molecule has 10 nitrogen and oxygen atoms in total. The molecule has 0 saturated heterocycles. The molecule has 37 heavy (non-hydrogen) atoms. The molecule has 16 atom stereocenters. The van der Waals surface area contributed by atoms with Crippen LogP contribution in [0.3, 0.4) is 0 Å². The van der Waals surface area contributed by atoms with Crippen LogP contribution in [0.2, 0.25) is 0 Å². The first-order valence-electron chi connectivity index (χ1n) is 14.1. The van der Waals surface area contributed by atoms with E-state index in [2.05, 4.69) is 0 Å². The Bertz CT molecular complexity index is 663. The molecule has 4 aliphatic rings. The van der Waals surface area contributed by atoms with Crippen LogP contribution in [0.5, 0.6) is 0 Å². The number of hydrogen-bond donors (Lipinski definition) is 10. The molecule has 4 saturated carbocycles. The third-order valence-corrected chi connectivity index (χ3v) is 11.1. The lowest BCUT2D eigenvalue weighted by molar-refractivity contribution is -0.181. The van der Waals surface area contributed by atoms with Gasteiger partial charge in [-0.05, 0) is 67.6 Å². The van der Waals surface area contributed by atoms with Gasteiger partial charge in [-0.1, -0.05) is 0 Å². The van der Waals surface area contributed by atoms with E-state index in [4.69, 9.17) is 0 Å². The summed E-state index contributed by atoms with van der Waals surface area (Å²) >= 11 is 0. The molecule has 0 heterocycles. The minimum absolute atomic E-state index is 0.0437. The lowest BCUT2D eigenvalue weighted by Gasteiger charge is -2.57. The Morgan fingerprint density at radius 3 is 0.892 bits per heavy atom. The highest BCUT2D eigenvalue weighted by atomic mass is 16.3. The average molecular weight is 533 g/mol. The van der Waals surface area contributed by atoms with Gasteiger partial charge in [0.05, 0.1) is 24.4 Å². The predicted octanol–water partition coefficient (Wildman–Crippen LogP) is -2.22. The highest BCUT2D eigenvalue weighted by Crippen LogP contribution is 2.56. The van der Waals surface area contributed by atoms with Crippen LogP contribution >= 0.6 is 0 Å². The van der Waals surface area contributed by atoms with E-state index < -0.39 is 71.8 Å². The molecule has 10 N–H and O–H groups in total. The summed E-state index contributed by atoms with van der Waals surface area (Å²) < 4.78 is 0. The van der Waals surface area contributed by atoms with Crippen LogP contribution in [0, 0.1) is 71.0 Å². The van der Waals surface area contributed by atoms with Crippen LogP contribution in [-0.4, -0.2) is 115 Å². The van der Waals surface area contributed by atoms with Crippen molar-refractivity contribution in [2.24, 2.45) is 71.0 Å². The zero-order chi connectivity index (χ0) is 27.0. The van der Waals surface area contributed by atoms with Crippen molar-refractivity contribution in [1.29, 1.82) is 0 Å². The van der Waals surface area contributed by atoms with Gasteiger partial charge in [0.1, 0.15) is 0 Å². The van der Waals surface area contributed by atoms with Gasteiger partial charge in [-0.2, -0.15) is 0 Å². The minimum atomic E-state index is -0.946. The van der Waals surface area contributed by atoms with Crippen LogP contribution in [0.1, 0.15) is 32.1 Å². The SMILES string of the molecule is OCC1CC2CC(CO)C(O)C(CC3C(O)C(CO)CC4CC(CO)C(O)C(CO)C43)C2C(CO)C1O. The molecule has 0 spiro atoms. The second-order valence-corrected chi connectivity index (χ2v) is 12.6. The van der Waals surface area contributed by atoms with Crippen LogP contribution in [-0.2, 0) is 0 Å². The maximum Gasteiger partial charge on any atom is 0.0643 e. The number of fused-ring (bicyclic) bond motifs is 2. The van der Waals surface area contributed by atoms with Crippen LogP contribution in [0.25, 0.3) is 0 Å². The van der Waals surface area contributed by atoms with Crippen molar-refractivity contribution in [2.45, 2.75) is 56.5 Å². The largest absolute Gasteiger partial charge is 0.396 e. The molecule has 0 aromatic heterocycles. The van der Waals surface area contributed by atoms with Gasteiger partial charge in [0.15, 0.2) is 0 Å². The van der Waals surface area contributed by atoms with Crippen LogP contribution < -0.4 is 0 Å².